The van der Waals surface area contributed by atoms with Crippen molar-refractivity contribution in [3.05, 3.63) is 352 Å². The van der Waals surface area contributed by atoms with Crippen LogP contribution in [0.5, 0.6) is 23.5 Å². The molecule has 0 aliphatic heterocycles. The van der Waals surface area contributed by atoms with E-state index in [2.05, 4.69) is 36.9 Å². The molecule has 0 unspecified atom stereocenters. The van der Waals surface area contributed by atoms with E-state index in [1.165, 1.54) is 19.8 Å². The van der Waals surface area contributed by atoms with E-state index in [1.54, 1.807) is 123 Å². The fraction of sp³-hybridized carbons (Fsp3) is 0.255. The largest absolute Gasteiger partial charge is 0.744 e. The van der Waals surface area contributed by atoms with Crippen LogP contribution in [0.3, 0.4) is 0 Å². The number of nitrogens with one attached hydrogen (secondary N) is 1. The van der Waals surface area contributed by atoms with Gasteiger partial charge in [0.15, 0.2) is 23.3 Å². The molecule has 131 heavy (non-hydrogen) atoms. The van der Waals surface area contributed by atoms with E-state index in [1.807, 2.05) is 162 Å². The Bertz CT molecular complexity index is 6500. The van der Waals surface area contributed by atoms with E-state index in [0.29, 0.717) is 125 Å². The maximum atomic E-state index is 13.8. The Balaban J connectivity index is 0.000000210. The van der Waals surface area contributed by atoms with E-state index >= 15 is 0 Å². The van der Waals surface area contributed by atoms with Crippen LogP contribution in [0.15, 0.2) is 210 Å². The number of aliphatic hydroxyl groups is 1. The van der Waals surface area contributed by atoms with Crippen molar-refractivity contribution in [2.24, 2.45) is 0 Å². The Labute approximate surface area is 754 Å². The summed E-state index contributed by atoms with van der Waals surface area (Å²) in [6, 6.07) is 54.6. The number of benzene rings is 6. The van der Waals surface area contributed by atoms with Crippen LogP contribution in [0.2, 0.25) is 0 Å². The van der Waals surface area contributed by atoms with Crippen molar-refractivity contribution in [1.82, 2.24) is 33.8 Å². The summed E-state index contributed by atoms with van der Waals surface area (Å²) in [4.78, 5) is 62.3. The number of pyridine rings is 5. The fourth-order valence-corrected chi connectivity index (χ4v) is 13.5. The van der Waals surface area contributed by atoms with Gasteiger partial charge in [0.2, 0.25) is 23.8 Å². The van der Waals surface area contributed by atoms with Crippen molar-refractivity contribution in [3.63, 3.8) is 0 Å². The molecule has 0 saturated heterocycles. The number of aromatic amines is 1. The van der Waals surface area contributed by atoms with Crippen molar-refractivity contribution < 1.29 is 106 Å². The van der Waals surface area contributed by atoms with Gasteiger partial charge in [0.05, 0.1) is 83.1 Å². The van der Waals surface area contributed by atoms with Gasteiger partial charge in [-0.05, 0) is 215 Å². The number of hydrogen-bond donors (Lipinski definition) is 3. The topological polar surface area (TPSA) is 334 Å². The third-order valence-corrected chi connectivity index (χ3v) is 19.6. The van der Waals surface area contributed by atoms with Gasteiger partial charge in [-0.3, -0.25) is 9.89 Å². The maximum Gasteiger partial charge on any atom is 0.397 e. The first-order chi connectivity index (χ1) is 62.4. The standard InChI is InChI=1S/C19H17F3N2O3.C19H20N2O3.C13H15N2O.C13H13NO.C12H14N2O3.C9H12O3S.C7H5F3O.C6H8O2/c1-4-26-19(25)17-11(3)23-24-15(17)7-10(2)8-16(24)27-9-12-13(20)5-6-14(21)18(12)22;1-4-23-19(22)18-14(3)20-21-16(18)10-13(2)11-17(21)24-12-15-8-6-5-7-9-15;1-11-7-8-15(14)13(9-11)16-10-12-5-3-2-4-6-12;1-11-7-8-14-13(9-11)15-10-12-5-3-2-4-6-12;1-4-17-12(16)11-8(3)13-14-9(11)5-7(2)6-10(14)15;1-6-4-7(2)9(8(3)5-6)13(10,11)12;8-5-1-2-6(9)7(10)4(5)3-11;1-3-5-6(7)8-4-2/h5-8H,4,9H2,1-3H3;5-11H,4,12H2,1-3H3;2-9H,10,14H2,1H3;2-9H,10H2,1H3;5-6,13H,4H2,1-3H3;4-5H,1-3H3,(H,10,11,12);1-2,11H,3H2;4H2,1-2H3/q;;+1;;;;;/p-1. The molecule has 8 heterocycles. The van der Waals surface area contributed by atoms with Crippen LogP contribution >= 0.6 is 0 Å². The normalized spacial score (nSPS) is 10.4. The highest BCUT2D eigenvalue weighted by atomic mass is 32.2. The molecule has 8 aromatic heterocycles. The zero-order valence-electron chi connectivity index (χ0n) is 75.3. The van der Waals surface area contributed by atoms with Crippen LogP contribution in [0.25, 0.3) is 16.6 Å². The minimum atomic E-state index is -4.33. The number of halogens is 6. The predicted octanol–water partition coefficient (Wildman–Crippen LogP) is 17.5. The molecule has 6 aromatic carbocycles. The van der Waals surface area contributed by atoms with Gasteiger partial charge < -0.3 is 47.6 Å². The van der Waals surface area contributed by atoms with E-state index in [0.717, 1.165) is 62.2 Å². The zero-order valence-corrected chi connectivity index (χ0v) is 76.1. The average Bonchev–Trinajstić information content (AvgIpc) is 1.63. The Morgan fingerprint density at radius 2 is 0.893 bits per heavy atom. The van der Waals surface area contributed by atoms with E-state index in [9.17, 15) is 63.3 Å². The summed E-state index contributed by atoms with van der Waals surface area (Å²) in [5, 5.41) is 20.0. The summed E-state index contributed by atoms with van der Waals surface area (Å²) >= 11 is 0. The van der Waals surface area contributed by atoms with Crippen LogP contribution in [0.1, 0.15) is 155 Å². The molecule has 0 atom stereocenters. The van der Waals surface area contributed by atoms with Crippen molar-refractivity contribution in [1.29, 1.82) is 0 Å². The molecule has 4 N–H and O–H groups in total. The number of hydrogen-bond acceptors (Lipinski definition) is 21. The molecule has 0 saturated carbocycles. The lowest BCUT2D eigenvalue weighted by atomic mass is 10.1. The van der Waals surface area contributed by atoms with Gasteiger partial charge in [0.25, 0.3) is 5.56 Å². The summed E-state index contributed by atoms with van der Waals surface area (Å²) in [6.45, 7) is 29.9. The maximum absolute atomic E-state index is 13.8. The number of fused-ring (bicyclic) bond motifs is 3. The summed E-state index contributed by atoms with van der Waals surface area (Å²) in [7, 11) is -4.33. The Morgan fingerprint density at radius 1 is 0.481 bits per heavy atom. The van der Waals surface area contributed by atoms with Crippen LogP contribution in [-0.4, -0.2) is 102 Å². The number of H-pyrrole nitrogens is 1. The van der Waals surface area contributed by atoms with Crippen molar-refractivity contribution in [2.45, 2.75) is 149 Å². The van der Waals surface area contributed by atoms with Gasteiger partial charge in [0, 0.05) is 48.1 Å². The van der Waals surface area contributed by atoms with E-state index in [-0.39, 0.29) is 34.5 Å². The lowest BCUT2D eigenvalue weighted by Crippen LogP contribution is -2.45. The number of aliphatic hydroxyl groups excluding tert-OH is 1. The molecular weight excluding hydrogens is 1720 g/mol. The molecule has 0 aliphatic carbocycles. The fourth-order valence-electron chi connectivity index (χ4n) is 12.6. The highest BCUT2D eigenvalue weighted by molar-refractivity contribution is 7.85. The molecular formula is C98H103F6N9O17S. The zero-order chi connectivity index (χ0) is 96.3. The lowest BCUT2D eigenvalue weighted by molar-refractivity contribution is -0.645. The smallest absolute Gasteiger partial charge is 0.397 e. The Morgan fingerprint density at radius 3 is 1.34 bits per heavy atom. The molecule has 33 heteroatoms. The molecule has 14 aromatic rings. The summed E-state index contributed by atoms with van der Waals surface area (Å²) < 4.78 is 159. The number of esters is 4. The van der Waals surface area contributed by atoms with Gasteiger partial charge in [-0.15, -0.1) is 0 Å². The van der Waals surface area contributed by atoms with Crippen molar-refractivity contribution >= 4 is 50.5 Å². The second-order valence-electron chi connectivity index (χ2n) is 28.9. The van der Waals surface area contributed by atoms with Crippen molar-refractivity contribution in [2.75, 3.05) is 32.3 Å². The Hall–Kier alpha value is -14.6. The van der Waals surface area contributed by atoms with Crippen molar-refractivity contribution in [3.8, 4) is 35.4 Å². The van der Waals surface area contributed by atoms with Gasteiger partial charge in [0.1, 0.15) is 64.9 Å². The third-order valence-electron chi connectivity index (χ3n) is 18.4. The molecule has 0 amide bonds. The molecule has 690 valence electrons. The second kappa shape index (κ2) is 50.2. The van der Waals surface area contributed by atoms with Crippen LogP contribution < -0.4 is 35.0 Å². The first-order valence-corrected chi connectivity index (χ1v) is 42.3. The van der Waals surface area contributed by atoms with Crippen LogP contribution in [-0.2, 0) is 66.9 Å². The number of carbonyl (C=O) groups excluding carboxylic acids is 4. The van der Waals surface area contributed by atoms with Gasteiger partial charge in [-0.25, -0.2) is 69.3 Å². The number of nitrogens with zero attached hydrogens (tertiary/aromatic N) is 7. The average molecular weight is 1830 g/mol. The molecule has 0 fully saturated rings. The summed E-state index contributed by atoms with van der Waals surface area (Å²) in [5.41, 5.74) is 13.4. The van der Waals surface area contributed by atoms with Gasteiger partial charge in [-0.2, -0.15) is 19.2 Å². The quantitative estimate of drug-likeness (QED) is 0.00692. The minimum Gasteiger partial charge on any atom is -0.744 e. The van der Waals surface area contributed by atoms with Gasteiger partial charge in [-0.1, -0.05) is 119 Å². The number of nitrogen functional groups attached to an aromatic ring is 1. The minimum absolute atomic E-state index is 0.0851. The number of aromatic nitrogens is 8. The second-order valence-corrected chi connectivity index (χ2v) is 30.2. The van der Waals surface area contributed by atoms with E-state index in [4.69, 9.17) is 44.1 Å². The number of carbonyl (C=O) groups is 4. The molecule has 0 radical (unpaired) electrons. The van der Waals surface area contributed by atoms with E-state index < -0.39 is 87.3 Å². The molecule has 0 bridgehead atoms. The molecule has 14 rings (SSSR count). The lowest BCUT2D eigenvalue weighted by Gasteiger charge is -2.14. The van der Waals surface area contributed by atoms with Crippen LogP contribution in [0.4, 0.5) is 26.3 Å². The predicted molar refractivity (Wildman–Crippen MR) is 479 cm³/mol. The monoisotopic (exact) mass is 1820 g/mol. The summed E-state index contributed by atoms with van der Waals surface area (Å²) in [5.74, 6) is 3.98. The highest BCUT2D eigenvalue weighted by Gasteiger charge is 2.25. The number of nitrogens with two attached hydrogens (primary N) is 1. The first-order valence-electron chi connectivity index (χ1n) is 40.9. The summed E-state index contributed by atoms with van der Waals surface area (Å²) in [6.07, 6.45) is 3.55. The molecule has 0 spiro atoms. The third kappa shape index (κ3) is 30.3. The molecule has 26 nitrogen and oxygen atoms in total. The van der Waals surface area contributed by atoms with Crippen LogP contribution in [0, 0.1) is 123 Å². The number of ether oxygens (including phenoxy) is 8. The Kier molecular flexibility index (Phi) is 39.7. The molecule has 0 aliphatic rings. The number of aryl methyl sites for hydroxylation is 11. The SMILES string of the molecule is CC#CC(=O)OCC.CCOC(=O)c1c(C)[nH]n2c(=O)cc(C)cc12.CCOC(=O)c1c(C)nn2c(OCc3c(F)ccc(F)c3F)cc(C)cc12.CCOC(=O)c1c(C)nn2c(OCc3ccccc3)cc(C)cc12.Cc1cc(C)c(S(=O)(=O)[O-])c(C)c1.Cc1cc[n+](N)c(OCc2ccccc2)c1.Cc1ccnc(OCc2ccccc2)c1.OCc1c(F)ccc(F)c1F. The highest BCUT2D eigenvalue weighted by Crippen LogP contribution is 2.29. The van der Waals surface area contributed by atoms with Gasteiger partial charge >= 0.3 is 29.8 Å². The first kappa shape index (κ1) is 103. The number of rotatable bonds is 21.